The van der Waals surface area contributed by atoms with Gasteiger partial charge in [0.2, 0.25) is 5.91 Å². The van der Waals surface area contributed by atoms with Crippen LogP contribution < -0.4 is 15.5 Å². The maximum Gasteiger partial charge on any atom is 0.241 e. The number of benzene rings is 4. The van der Waals surface area contributed by atoms with Gasteiger partial charge >= 0.3 is 0 Å². The van der Waals surface area contributed by atoms with Gasteiger partial charge < -0.3 is 10.6 Å². The molecule has 5 rings (SSSR count). The minimum absolute atomic E-state index is 0.0461. The van der Waals surface area contributed by atoms with Gasteiger partial charge in [-0.05, 0) is 66.8 Å². The lowest BCUT2D eigenvalue weighted by atomic mass is 10.2. The van der Waals surface area contributed by atoms with E-state index in [1.807, 2.05) is 95.9 Å². The molecule has 1 aliphatic heterocycles. The van der Waals surface area contributed by atoms with Crippen LogP contribution in [0.4, 0.5) is 22.7 Å². The van der Waals surface area contributed by atoms with Crippen molar-refractivity contribution in [3.05, 3.63) is 103 Å². The van der Waals surface area contributed by atoms with Crippen molar-refractivity contribution in [1.29, 1.82) is 0 Å². The molecule has 0 aliphatic carbocycles. The van der Waals surface area contributed by atoms with Gasteiger partial charge in [0.1, 0.15) is 0 Å². The Morgan fingerprint density at radius 3 is 2.06 bits per heavy atom. The number of carbonyl (C=O) groups is 1. The third kappa shape index (κ3) is 5.12. The first kappa shape index (κ1) is 22.5. The van der Waals surface area contributed by atoms with E-state index in [1.54, 1.807) is 11.8 Å². The zero-order valence-corrected chi connectivity index (χ0v) is 20.6. The molecular formula is C27H21N3OS3. The average molecular weight is 500 g/mol. The van der Waals surface area contributed by atoms with Crippen molar-refractivity contribution >= 4 is 69.5 Å². The Bertz CT molecular complexity index is 1300. The zero-order chi connectivity index (χ0) is 23.3. The van der Waals surface area contributed by atoms with Gasteiger partial charge in [-0.1, -0.05) is 60.3 Å². The average Bonchev–Trinajstić information content (AvgIpc) is 2.86. The molecule has 0 aromatic heterocycles. The van der Waals surface area contributed by atoms with Gasteiger partial charge in [-0.25, -0.2) is 0 Å². The number of nitrogens with one attached hydrogen (secondary N) is 2. The normalized spacial score (nSPS) is 11.8. The van der Waals surface area contributed by atoms with Crippen molar-refractivity contribution in [1.82, 2.24) is 0 Å². The molecule has 0 saturated heterocycles. The summed E-state index contributed by atoms with van der Waals surface area (Å²) in [6, 6.07) is 33.8. The van der Waals surface area contributed by atoms with Gasteiger partial charge in [0.15, 0.2) is 5.11 Å². The number of hydrogen-bond donors (Lipinski definition) is 2. The highest BCUT2D eigenvalue weighted by Crippen LogP contribution is 2.48. The van der Waals surface area contributed by atoms with E-state index < -0.39 is 0 Å². The second-order valence-corrected chi connectivity index (χ2v) is 10.1. The van der Waals surface area contributed by atoms with Crippen molar-refractivity contribution in [3.8, 4) is 0 Å². The number of hydrogen-bond acceptors (Lipinski definition) is 4. The largest absolute Gasteiger partial charge is 0.332 e. The Morgan fingerprint density at radius 1 is 0.765 bits per heavy atom. The Kier molecular flexibility index (Phi) is 6.85. The van der Waals surface area contributed by atoms with E-state index in [-0.39, 0.29) is 5.91 Å². The van der Waals surface area contributed by atoms with Crippen LogP contribution in [0.3, 0.4) is 0 Å². The number of rotatable bonds is 5. The standard InChI is InChI=1S/C27H21N3OS3/c31-26(30-22-13-4-6-15-24(22)34-25-16-7-5-14-23(25)30)18-33-21-12-8-11-20(17-21)29-27(32)28-19-9-2-1-3-10-19/h1-17H,18H2,(H2,28,29,32). The van der Waals surface area contributed by atoms with Crippen LogP contribution in [0.2, 0.25) is 0 Å². The van der Waals surface area contributed by atoms with E-state index in [2.05, 4.69) is 22.8 Å². The van der Waals surface area contributed by atoms with Crippen LogP contribution in [0.5, 0.6) is 0 Å². The van der Waals surface area contributed by atoms with Gasteiger partial charge in [-0.3, -0.25) is 9.69 Å². The van der Waals surface area contributed by atoms with E-state index in [1.165, 1.54) is 11.8 Å². The van der Waals surface area contributed by atoms with Crippen molar-refractivity contribution in [2.45, 2.75) is 14.7 Å². The fraction of sp³-hybridized carbons (Fsp3) is 0.0370. The topological polar surface area (TPSA) is 44.4 Å². The summed E-state index contributed by atoms with van der Waals surface area (Å²) in [5.74, 6) is 0.369. The molecule has 7 heteroatoms. The Balaban J connectivity index is 1.27. The Hall–Kier alpha value is -3.26. The second kappa shape index (κ2) is 10.3. The van der Waals surface area contributed by atoms with Gasteiger partial charge in [-0.2, -0.15) is 0 Å². The number of thioether (sulfide) groups is 1. The molecule has 4 aromatic carbocycles. The van der Waals surface area contributed by atoms with E-state index in [0.29, 0.717) is 10.9 Å². The quantitative estimate of drug-likeness (QED) is 0.220. The summed E-state index contributed by atoms with van der Waals surface area (Å²) in [4.78, 5) is 18.4. The van der Waals surface area contributed by atoms with Crippen molar-refractivity contribution in [2.75, 3.05) is 21.3 Å². The lowest BCUT2D eigenvalue weighted by molar-refractivity contribution is -0.115. The van der Waals surface area contributed by atoms with Crippen LogP contribution in [0.25, 0.3) is 0 Å². The van der Waals surface area contributed by atoms with Crippen LogP contribution in [0.1, 0.15) is 0 Å². The first-order valence-electron chi connectivity index (χ1n) is 10.7. The number of carbonyl (C=O) groups excluding carboxylic acids is 1. The SMILES string of the molecule is O=C(CSc1cccc(NC(=S)Nc2ccccc2)c1)N1c2ccccc2Sc2ccccc21. The van der Waals surface area contributed by atoms with Gasteiger partial charge in [0, 0.05) is 26.1 Å². The predicted octanol–water partition coefficient (Wildman–Crippen LogP) is 7.42. The summed E-state index contributed by atoms with van der Waals surface area (Å²) in [5.41, 5.74) is 3.67. The molecule has 168 valence electrons. The predicted molar refractivity (Wildman–Crippen MR) is 148 cm³/mol. The van der Waals surface area contributed by atoms with Crippen molar-refractivity contribution < 1.29 is 4.79 Å². The molecule has 0 fully saturated rings. The molecule has 0 atom stereocenters. The molecule has 0 bridgehead atoms. The summed E-state index contributed by atoms with van der Waals surface area (Å²) >= 11 is 8.65. The summed E-state index contributed by atoms with van der Waals surface area (Å²) in [7, 11) is 0. The fourth-order valence-electron chi connectivity index (χ4n) is 3.66. The highest BCUT2D eigenvalue weighted by atomic mass is 32.2. The summed E-state index contributed by atoms with van der Waals surface area (Å²) < 4.78 is 0. The van der Waals surface area contributed by atoms with E-state index in [9.17, 15) is 4.79 Å². The number of thiocarbonyl (C=S) groups is 1. The highest BCUT2D eigenvalue weighted by molar-refractivity contribution is 8.00. The number of amides is 1. The van der Waals surface area contributed by atoms with E-state index >= 15 is 0 Å². The molecule has 0 radical (unpaired) electrons. The van der Waals surface area contributed by atoms with Crippen molar-refractivity contribution in [2.24, 2.45) is 0 Å². The van der Waals surface area contributed by atoms with Crippen LogP contribution in [0, 0.1) is 0 Å². The number of fused-ring (bicyclic) bond motifs is 2. The molecule has 1 aliphatic rings. The molecule has 1 amide bonds. The molecule has 0 unspecified atom stereocenters. The van der Waals surface area contributed by atoms with E-state index in [4.69, 9.17) is 12.2 Å². The Morgan fingerprint density at radius 2 is 1.35 bits per heavy atom. The molecule has 4 nitrogen and oxygen atoms in total. The van der Waals surface area contributed by atoms with Gasteiger partial charge in [0.25, 0.3) is 0 Å². The molecule has 34 heavy (non-hydrogen) atoms. The smallest absolute Gasteiger partial charge is 0.241 e. The van der Waals surface area contributed by atoms with Crippen LogP contribution >= 0.6 is 35.7 Å². The summed E-state index contributed by atoms with van der Waals surface area (Å²) in [6.07, 6.45) is 0. The van der Waals surface area contributed by atoms with Gasteiger partial charge in [0.05, 0.1) is 17.1 Å². The van der Waals surface area contributed by atoms with Crippen LogP contribution in [-0.4, -0.2) is 16.8 Å². The first-order valence-corrected chi connectivity index (χ1v) is 12.9. The molecule has 0 saturated carbocycles. The second-order valence-electron chi connectivity index (χ2n) is 7.53. The number of para-hydroxylation sites is 3. The van der Waals surface area contributed by atoms with Crippen molar-refractivity contribution in [3.63, 3.8) is 0 Å². The number of nitrogens with zero attached hydrogens (tertiary/aromatic N) is 1. The minimum atomic E-state index is 0.0461. The molecular weight excluding hydrogens is 479 g/mol. The van der Waals surface area contributed by atoms with Crippen LogP contribution in [0.15, 0.2) is 118 Å². The fourth-order valence-corrected chi connectivity index (χ4v) is 5.76. The van der Waals surface area contributed by atoms with Gasteiger partial charge in [-0.15, -0.1) is 11.8 Å². The maximum atomic E-state index is 13.4. The monoisotopic (exact) mass is 499 g/mol. The molecule has 1 heterocycles. The molecule has 4 aromatic rings. The number of anilines is 4. The maximum absolute atomic E-state index is 13.4. The minimum Gasteiger partial charge on any atom is -0.332 e. The molecule has 2 N–H and O–H groups in total. The third-order valence-corrected chi connectivity index (χ3v) is 7.48. The molecule has 0 spiro atoms. The highest BCUT2D eigenvalue weighted by Gasteiger charge is 2.27. The zero-order valence-electron chi connectivity index (χ0n) is 18.1. The summed E-state index contributed by atoms with van der Waals surface area (Å²) in [5, 5.41) is 6.91. The lowest BCUT2D eigenvalue weighted by Crippen LogP contribution is -2.29. The third-order valence-electron chi connectivity index (χ3n) is 5.17. The summed E-state index contributed by atoms with van der Waals surface area (Å²) in [6.45, 7) is 0. The van der Waals surface area contributed by atoms with E-state index in [0.717, 1.165) is 37.4 Å². The Labute approximate surface area is 212 Å². The lowest BCUT2D eigenvalue weighted by Gasteiger charge is -2.31. The van der Waals surface area contributed by atoms with Crippen LogP contribution in [-0.2, 0) is 4.79 Å². The first-order chi connectivity index (χ1) is 16.7.